The maximum absolute atomic E-state index is 2.42. The van der Waals surface area contributed by atoms with Crippen LogP contribution in [0.1, 0.15) is 0 Å². The lowest BCUT2D eigenvalue weighted by atomic mass is 9.98. The molecule has 10 aromatic rings. The zero-order valence-electron chi connectivity index (χ0n) is 28.5. The van der Waals surface area contributed by atoms with E-state index in [9.17, 15) is 0 Å². The summed E-state index contributed by atoms with van der Waals surface area (Å²) in [6.45, 7) is 0. The molecule has 0 atom stereocenters. The molecule has 0 aliphatic carbocycles. The predicted octanol–water partition coefficient (Wildman–Crippen LogP) is 13.9. The average molecular weight is 663 g/mol. The Labute approximate surface area is 303 Å². The molecule has 0 aliphatic heterocycles. The molecule has 10 rings (SSSR count). The third-order valence-electron chi connectivity index (χ3n) is 10.4. The van der Waals surface area contributed by atoms with Crippen LogP contribution in [-0.4, -0.2) is 4.57 Å². The van der Waals surface area contributed by atoms with E-state index in [2.05, 4.69) is 216 Å². The molecule has 0 spiro atoms. The summed E-state index contributed by atoms with van der Waals surface area (Å²) in [5.74, 6) is 0. The highest BCUT2D eigenvalue weighted by atomic mass is 15.1. The van der Waals surface area contributed by atoms with Crippen molar-refractivity contribution >= 4 is 60.4 Å². The Morgan fingerprint density at radius 3 is 1.67 bits per heavy atom. The minimum atomic E-state index is 1.11. The van der Waals surface area contributed by atoms with E-state index >= 15 is 0 Å². The van der Waals surface area contributed by atoms with Crippen molar-refractivity contribution in [2.75, 3.05) is 4.90 Å². The molecule has 0 amide bonds. The zero-order valence-corrected chi connectivity index (χ0v) is 28.5. The first kappa shape index (κ1) is 30.0. The van der Waals surface area contributed by atoms with E-state index in [1.54, 1.807) is 0 Å². The molecule has 1 heterocycles. The molecule has 0 saturated heterocycles. The first-order chi connectivity index (χ1) is 25.8. The lowest BCUT2D eigenvalue weighted by molar-refractivity contribution is 1.19. The van der Waals surface area contributed by atoms with Crippen LogP contribution in [0.2, 0.25) is 0 Å². The number of anilines is 3. The molecular weight excluding hydrogens is 629 g/mol. The van der Waals surface area contributed by atoms with Crippen molar-refractivity contribution in [2.45, 2.75) is 0 Å². The van der Waals surface area contributed by atoms with Crippen molar-refractivity contribution in [3.63, 3.8) is 0 Å². The second kappa shape index (κ2) is 12.5. The number of nitrogens with zero attached hydrogens (tertiary/aromatic N) is 2. The highest BCUT2D eigenvalue weighted by Gasteiger charge is 2.18. The van der Waals surface area contributed by atoms with E-state index in [0.717, 1.165) is 22.7 Å². The van der Waals surface area contributed by atoms with E-state index in [4.69, 9.17) is 0 Å². The van der Waals surface area contributed by atoms with E-state index in [-0.39, 0.29) is 0 Å². The van der Waals surface area contributed by atoms with Crippen LogP contribution < -0.4 is 4.90 Å². The molecule has 2 heteroatoms. The third kappa shape index (κ3) is 5.04. The number of hydrogen-bond donors (Lipinski definition) is 0. The maximum atomic E-state index is 2.42. The van der Waals surface area contributed by atoms with Crippen molar-refractivity contribution in [1.29, 1.82) is 0 Å². The Morgan fingerprint density at radius 1 is 0.327 bits per heavy atom. The lowest BCUT2D eigenvalue weighted by Crippen LogP contribution is -2.10. The summed E-state index contributed by atoms with van der Waals surface area (Å²) in [4.78, 5) is 2.37. The van der Waals surface area contributed by atoms with Crippen LogP contribution in [0.25, 0.3) is 71.3 Å². The maximum Gasteiger partial charge on any atom is 0.0619 e. The molecule has 0 saturated carbocycles. The van der Waals surface area contributed by atoms with Crippen molar-refractivity contribution in [3.8, 4) is 27.9 Å². The predicted molar refractivity (Wildman–Crippen MR) is 221 cm³/mol. The molecular formula is C50H34N2. The fourth-order valence-corrected chi connectivity index (χ4v) is 7.91. The molecule has 0 aliphatic rings. The van der Waals surface area contributed by atoms with E-state index in [1.165, 1.54) is 65.6 Å². The quantitative estimate of drug-likeness (QED) is 0.172. The minimum Gasteiger partial charge on any atom is -0.310 e. The Hall–Kier alpha value is -6.90. The summed E-state index contributed by atoms with van der Waals surface area (Å²) in [5, 5.41) is 7.46. The molecule has 244 valence electrons. The summed E-state index contributed by atoms with van der Waals surface area (Å²) in [6.07, 6.45) is 0. The highest BCUT2D eigenvalue weighted by molar-refractivity contribution is 6.19. The standard InChI is InChI=1S/C50H34N2/c1-3-12-35(13-4-1)36-22-27-41(28-23-36)51(42-29-24-38(25-30-42)45-20-11-15-37-14-7-8-18-44(37)45)43-31-33-46-39(34-43)26-32-48-47-19-9-10-21-49(47)52(50(46)48)40-16-5-2-6-17-40/h1-34H. The third-order valence-corrected chi connectivity index (χ3v) is 10.4. The fourth-order valence-electron chi connectivity index (χ4n) is 7.91. The topological polar surface area (TPSA) is 8.17 Å². The van der Waals surface area contributed by atoms with Gasteiger partial charge >= 0.3 is 0 Å². The monoisotopic (exact) mass is 662 g/mol. The van der Waals surface area contributed by atoms with Gasteiger partial charge in [-0.05, 0) is 93.0 Å². The SMILES string of the molecule is c1ccc(-c2ccc(N(c3ccc(-c4cccc5ccccc45)cc3)c3ccc4c(ccc5c6ccccc6n(-c6ccccc6)c45)c3)cc2)cc1. The summed E-state index contributed by atoms with van der Waals surface area (Å²) < 4.78 is 2.42. The van der Waals surface area contributed by atoms with Gasteiger partial charge in [0.05, 0.1) is 11.0 Å². The van der Waals surface area contributed by atoms with Gasteiger partial charge in [-0.3, -0.25) is 0 Å². The Kier molecular flexibility index (Phi) is 7.18. The summed E-state index contributed by atoms with van der Waals surface area (Å²) >= 11 is 0. The van der Waals surface area contributed by atoms with Gasteiger partial charge in [-0.2, -0.15) is 0 Å². The molecule has 9 aromatic carbocycles. The molecule has 52 heavy (non-hydrogen) atoms. The number of aromatic nitrogens is 1. The smallest absolute Gasteiger partial charge is 0.0619 e. The van der Waals surface area contributed by atoms with E-state index < -0.39 is 0 Å². The first-order valence-electron chi connectivity index (χ1n) is 17.9. The molecule has 2 nitrogen and oxygen atoms in total. The Morgan fingerprint density at radius 2 is 0.904 bits per heavy atom. The van der Waals surface area contributed by atoms with Crippen LogP contribution in [0.5, 0.6) is 0 Å². The molecule has 1 aromatic heterocycles. The normalized spacial score (nSPS) is 11.5. The van der Waals surface area contributed by atoms with Gasteiger partial charge < -0.3 is 9.47 Å². The first-order valence-corrected chi connectivity index (χ1v) is 17.9. The minimum absolute atomic E-state index is 1.11. The molecule has 0 unspecified atom stereocenters. The van der Waals surface area contributed by atoms with Crippen LogP contribution >= 0.6 is 0 Å². The van der Waals surface area contributed by atoms with Crippen LogP contribution in [0, 0.1) is 0 Å². The Bertz CT molecular complexity index is 2860. The fraction of sp³-hybridized carbons (Fsp3) is 0. The average Bonchev–Trinajstić information content (AvgIpc) is 3.57. The van der Waals surface area contributed by atoms with Gasteiger partial charge in [0.25, 0.3) is 0 Å². The van der Waals surface area contributed by atoms with Gasteiger partial charge in [0.2, 0.25) is 0 Å². The van der Waals surface area contributed by atoms with E-state index in [0.29, 0.717) is 0 Å². The number of rotatable bonds is 6. The molecule has 0 radical (unpaired) electrons. The van der Waals surface area contributed by atoms with Crippen LogP contribution in [0.3, 0.4) is 0 Å². The summed E-state index contributed by atoms with van der Waals surface area (Å²) in [5.41, 5.74) is 11.8. The Balaban J connectivity index is 1.14. The van der Waals surface area contributed by atoms with Gasteiger partial charge in [-0.15, -0.1) is 0 Å². The van der Waals surface area contributed by atoms with Gasteiger partial charge in [-0.1, -0.05) is 152 Å². The number of para-hydroxylation sites is 2. The molecule has 0 N–H and O–H groups in total. The summed E-state index contributed by atoms with van der Waals surface area (Å²) in [7, 11) is 0. The highest BCUT2D eigenvalue weighted by Crippen LogP contribution is 2.41. The van der Waals surface area contributed by atoms with Crippen LogP contribution in [0.4, 0.5) is 17.1 Å². The lowest BCUT2D eigenvalue weighted by Gasteiger charge is -2.26. The van der Waals surface area contributed by atoms with Crippen molar-refractivity contribution in [3.05, 3.63) is 206 Å². The number of fused-ring (bicyclic) bond motifs is 6. The number of hydrogen-bond acceptors (Lipinski definition) is 1. The van der Waals surface area contributed by atoms with Crippen LogP contribution in [-0.2, 0) is 0 Å². The van der Waals surface area contributed by atoms with E-state index in [1.807, 2.05) is 0 Å². The van der Waals surface area contributed by atoms with Crippen molar-refractivity contribution in [1.82, 2.24) is 4.57 Å². The largest absolute Gasteiger partial charge is 0.310 e. The molecule has 0 bridgehead atoms. The van der Waals surface area contributed by atoms with Crippen LogP contribution in [0.15, 0.2) is 206 Å². The van der Waals surface area contributed by atoms with Gasteiger partial charge in [0.15, 0.2) is 0 Å². The zero-order chi connectivity index (χ0) is 34.4. The second-order valence-corrected chi connectivity index (χ2v) is 13.4. The summed E-state index contributed by atoms with van der Waals surface area (Å²) in [6, 6.07) is 74.6. The van der Waals surface area contributed by atoms with Gasteiger partial charge in [0, 0.05) is 38.9 Å². The second-order valence-electron chi connectivity index (χ2n) is 13.4. The van der Waals surface area contributed by atoms with Gasteiger partial charge in [0.1, 0.15) is 0 Å². The number of benzene rings is 9. The van der Waals surface area contributed by atoms with Crippen molar-refractivity contribution < 1.29 is 0 Å². The van der Waals surface area contributed by atoms with Gasteiger partial charge in [-0.25, -0.2) is 0 Å². The van der Waals surface area contributed by atoms with Crippen molar-refractivity contribution in [2.24, 2.45) is 0 Å². The molecule has 0 fully saturated rings.